The van der Waals surface area contributed by atoms with E-state index in [4.69, 9.17) is 10.2 Å². The summed E-state index contributed by atoms with van der Waals surface area (Å²) in [6.45, 7) is 3.70. The second-order valence-corrected chi connectivity index (χ2v) is 2.55. The highest BCUT2D eigenvalue weighted by Crippen LogP contribution is 2.09. The molecule has 0 spiro atoms. The van der Waals surface area contributed by atoms with Gasteiger partial charge in [0.1, 0.15) is 0 Å². The topological polar surface area (TPSA) is 57.5 Å². The van der Waals surface area contributed by atoms with E-state index in [1.165, 1.54) is 0 Å². The lowest BCUT2D eigenvalue weighted by atomic mass is 10.00. The van der Waals surface area contributed by atoms with Gasteiger partial charge in [0.25, 0.3) is 0 Å². The molecule has 0 heterocycles. The van der Waals surface area contributed by atoms with Gasteiger partial charge in [0.15, 0.2) is 6.10 Å². The summed E-state index contributed by atoms with van der Waals surface area (Å²) in [5, 5.41) is 17.3. The molecule has 0 aliphatic carbocycles. The summed E-state index contributed by atoms with van der Waals surface area (Å²) in [5.41, 5.74) is 0. The Morgan fingerprint density at radius 1 is 1.60 bits per heavy atom. The molecule has 0 aliphatic heterocycles. The van der Waals surface area contributed by atoms with E-state index >= 15 is 0 Å². The zero-order valence-corrected chi connectivity index (χ0v) is 6.37. The maximum Gasteiger partial charge on any atom is 0.332 e. The first-order valence-electron chi connectivity index (χ1n) is 3.50. The van der Waals surface area contributed by atoms with Crippen molar-refractivity contribution in [3.8, 4) is 0 Å². The molecule has 10 heavy (non-hydrogen) atoms. The highest BCUT2D eigenvalue weighted by molar-refractivity contribution is 5.72. The number of hydrogen-bond donors (Lipinski definition) is 2. The average molecular weight is 146 g/mol. The lowest BCUT2D eigenvalue weighted by Gasteiger charge is -2.12. The number of carbonyl (C=O) groups is 1. The van der Waals surface area contributed by atoms with E-state index in [1.54, 1.807) is 6.92 Å². The number of rotatable bonds is 4. The number of hydrogen-bond acceptors (Lipinski definition) is 2. The van der Waals surface area contributed by atoms with Crippen LogP contribution in [0, 0.1) is 5.92 Å². The summed E-state index contributed by atoms with van der Waals surface area (Å²) in [5.74, 6) is -1.26. The van der Waals surface area contributed by atoms with Gasteiger partial charge in [-0.3, -0.25) is 0 Å². The quantitative estimate of drug-likeness (QED) is 0.618. The zero-order valence-electron chi connectivity index (χ0n) is 6.37. The first kappa shape index (κ1) is 9.43. The summed E-state index contributed by atoms with van der Waals surface area (Å²) in [7, 11) is 0. The molecule has 0 aromatic rings. The summed E-state index contributed by atoms with van der Waals surface area (Å²) in [4.78, 5) is 10.2. The lowest BCUT2D eigenvalue weighted by Crippen LogP contribution is -2.27. The van der Waals surface area contributed by atoms with Gasteiger partial charge in [0.2, 0.25) is 0 Å². The molecule has 0 fully saturated rings. The normalized spacial score (nSPS) is 16.3. The van der Waals surface area contributed by atoms with Crippen LogP contribution in [0.5, 0.6) is 0 Å². The Hall–Kier alpha value is -0.570. The van der Waals surface area contributed by atoms with E-state index in [9.17, 15) is 4.79 Å². The molecule has 60 valence electrons. The SMILES string of the molecule is CCC[C@H](C)[C@@H](O)C(=O)O. The van der Waals surface area contributed by atoms with Crippen LogP contribution in [0.25, 0.3) is 0 Å². The van der Waals surface area contributed by atoms with E-state index in [2.05, 4.69) is 0 Å². The molecule has 3 nitrogen and oxygen atoms in total. The maximum atomic E-state index is 10.2. The summed E-state index contributed by atoms with van der Waals surface area (Å²) in [6.07, 6.45) is 0.471. The Balaban J connectivity index is 3.69. The molecule has 2 N–H and O–H groups in total. The van der Waals surface area contributed by atoms with Crippen molar-refractivity contribution < 1.29 is 15.0 Å². The molecule has 2 atom stereocenters. The van der Waals surface area contributed by atoms with Gasteiger partial charge < -0.3 is 10.2 Å². The van der Waals surface area contributed by atoms with Crippen molar-refractivity contribution in [2.45, 2.75) is 32.8 Å². The van der Waals surface area contributed by atoms with Crippen LogP contribution in [-0.2, 0) is 4.79 Å². The summed E-state index contributed by atoms with van der Waals surface area (Å²) < 4.78 is 0. The molecule has 0 radical (unpaired) electrons. The van der Waals surface area contributed by atoms with Gasteiger partial charge in [0, 0.05) is 0 Å². The molecule has 0 bridgehead atoms. The third-order valence-electron chi connectivity index (χ3n) is 1.54. The Morgan fingerprint density at radius 3 is 2.40 bits per heavy atom. The standard InChI is InChI=1S/C7H14O3/c1-3-4-5(2)6(8)7(9)10/h5-6,8H,3-4H2,1-2H3,(H,9,10)/t5-,6+/m0/s1. The van der Waals surface area contributed by atoms with Crippen molar-refractivity contribution in [2.24, 2.45) is 5.92 Å². The van der Waals surface area contributed by atoms with Gasteiger partial charge in [0.05, 0.1) is 0 Å². The van der Waals surface area contributed by atoms with Crippen molar-refractivity contribution in [1.29, 1.82) is 0 Å². The van der Waals surface area contributed by atoms with Gasteiger partial charge in [-0.15, -0.1) is 0 Å². The van der Waals surface area contributed by atoms with Crippen LogP contribution in [-0.4, -0.2) is 22.3 Å². The first-order valence-corrected chi connectivity index (χ1v) is 3.50. The number of aliphatic hydroxyl groups is 1. The summed E-state index contributed by atoms with van der Waals surface area (Å²) in [6, 6.07) is 0. The minimum atomic E-state index is -1.19. The van der Waals surface area contributed by atoms with E-state index in [0.29, 0.717) is 0 Å². The number of aliphatic hydroxyl groups excluding tert-OH is 1. The van der Waals surface area contributed by atoms with Crippen LogP contribution in [0.4, 0.5) is 0 Å². The highest BCUT2D eigenvalue weighted by Gasteiger charge is 2.19. The predicted molar refractivity (Wildman–Crippen MR) is 37.7 cm³/mol. The molecular formula is C7H14O3. The smallest absolute Gasteiger partial charge is 0.332 e. The van der Waals surface area contributed by atoms with Crippen molar-refractivity contribution in [1.82, 2.24) is 0 Å². The Kier molecular flexibility index (Phi) is 4.03. The molecule has 0 saturated carbocycles. The van der Waals surface area contributed by atoms with Crippen LogP contribution in [0.2, 0.25) is 0 Å². The number of carboxylic acid groups (broad SMARTS) is 1. The zero-order chi connectivity index (χ0) is 8.15. The van der Waals surface area contributed by atoms with E-state index in [0.717, 1.165) is 12.8 Å². The van der Waals surface area contributed by atoms with Gasteiger partial charge in [-0.25, -0.2) is 4.79 Å². The monoisotopic (exact) mass is 146 g/mol. The third-order valence-corrected chi connectivity index (χ3v) is 1.54. The minimum absolute atomic E-state index is 0.137. The van der Waals surface area contributed by atoms with Crippen molar-refractivity contribution in [2.75, 3.05) is 0 Å². The fourth-order valence-corrected chi connectivity index (χ4v) is 0.857. The lowest BCUT2D eigenvalue weighted by molar-refractivity contribution is -0.149. The van der Waals surface area contributed by atoms with Gasteiger partial charge >= 0.3 is 5.97 Å². The van der Waals surface area contributed by atoms with Crippen LogP contribution < -0.4 is 0 Å². The molecule has 0 rings (SSSR count). The van der Waals surface area contributed by atoms with Crippen LogP contribution in [0.1, 0.15) is 26.7 Å². The Morgan fingerprint density at radius 2 is 2.10 bits per heavy atom. The van der Waals surface area contributed by atoms with E-state index < -0.39 is 12.1 Å². The maximum absolute atomic E-state index is 10.2. The molecule has 3 heteroatoms. The molecule has 0 aromatic carbocycles. The Bertz CT molecular complexity index is 111. The molecule has 0 aliphatic rings. The minimum Gasteiger partial charge on any atom is -0.479 e. The number of aliphatic carboxylic acids is 1. The Labute approximate surface area is 60.7 Å². The summed E-state index contributed by atoms with van der Waals surface area (Å²) >= 11 is 0. The molecule has 0 amide bonds. The van der Waals surface area contributed by atoms with E-state index in [-0.39, 0.29) is 5.92 Å². The fraction of sp³-hybridized carbons (Fsp3) is 0.857. The van der Waals surface area contributed by atoms with Crippen LogP contribution in [0.3, 0.4) is 0 Å². The van der Waals surface area contributed by atoms with Gasteiger partial charge in [-0.2, -0.15) is 0 Å². The van der Waals surface area contributed by atoms with E-state index in [1.807, 2.05) is 6.92 Å². The largest absolute Gasteiger partial charge is 0.479 e. The first-order chi connectivity index (χ1) is 4.59. The van der Waals surface area contributed by atoms with Crippen LogP contribution >= 0.6 is 0 Å². The van der Waals surface area contributed by atoms with Crippen LogP contribution in [0.15, 0.2) is 0 Å². The predicted octanol–water partition coefficient (Wildman–Crippen LogP) is 0.868. The van der Waals surface area contributed by atoms with Crippen molar-refractivity contribution in [3.05, 3.63) is 0 Å². The highest BCUT2D eigenvalue weighted by atomic mass is 16.4. The van der Waals surface area contributed by atoms with Crippen molar-refractivity contribution in [3.63, 3.8) is 0 Å². The van der Waals surface area contributed by atoms with Gasteiger partial charge in [-0.1, -0.05) is 20.3 Å². The second-order valence-electron chi connectivity index (χ2n) is 2.55. The average Bonchev–Trinajstić information content (AvgIpc) is 1.87. The van der Waals surface area contributed by atoms with Gasteiger partial charge in [-0.05, 0) is 12.3 Å². The fourth-order valence-electron chi connectivity index (χ4n) is 0.857. The molecule has 0 saturated heterocycles. The second kappa shape index (κ2) is 4.28. The third kappa shape index (κ3) is 2.82. The molecular weight excluding hydrogens is 132 g/mol. The van der Waals surface area contributed by atoms with Crippen molar-refractivity contribution >= 4 is 5.97 Å². The number of carboxylic acids is 1. The molecule has 0 unspecified atom stereocenters. The molecule has 0 aromatic heterocycles.